The van der Waals surface area contributed by atoms with E-state index < -0.39 is 5.92 Å². The number of quaternary nitrogens is 1. The van der Waals surface area contributed by atoms with Crippen LogP contribution >= 0.6 is 0 Å². The number of halogens is 1. The Morgan fingerprint density at radius 3 is 2.31 bits per heavy atom. The zero-order valence-electron chi connectivity index (χ0n) is 20.3. The number of amides is 1. The number of anilines is 1. The van der Waals surface area contributed by atoms with Gasteiger partial charge in [0.05, 0.1) is 13.1 Å². The summed E-state index contributed by atoms with van der Waals surface area (Å²) in [5, 5.41) is 6.81. The predicted octanol–water partition coefficient (Wildman–Crippen LogP) is 1.14. The molecule has 4 heterocycles. The maximum absolute atomic E-state index is 13.6. The van der Waals surface area contributed by atoms with Crippen molar-refractivity contribution in [3.8, 4) is 11.1 Å². The molecular formula is C28H30BrN3O4. The smallest absolute Gasteiger partial charge is 0.318 e. The first-order valence-electron chi connectivity index (χ1n) is 12.5. The lowest BCUT2D eigenvalue weighted by Crippen LogP contribution is -3.00. The molecule has 1 N–H and O–H groups in total. The second-order valence-corrected chi connectivity index (χ2v) is 10.1. The summed E-state index contributed by atoms with van der Waals surface area (Å²) in [6.07, 6.45) is 2.49. The number of carbonyl (C=O) groups is 2. The zero-order valence-corrected chi connectivity index (χ0v) is 21.9. The van der Waals surface area contributed by atoms with Crippen molar-refractivity contribution in [2.75, 3.05) is 31.5 Å². The van der Waals surface area contributed by atoms with Gasteiger partial charge in [0.1, 0.15) is 18.2 Å². The fourth-order valence-corrected chi connectivity index (χ4v) is 6.23. The topological polar surface area (TPSA) is 81.4 Å². The van der Waals surface area contributed by atoms with Crippen molar-refractivity contribution < 1.29 is 40.3 Å². The zero-order chi connectivity index (χ0) is 24.0. The molecule has 7 nitrogen and oxygen atoms in total. The first-order chi connectivity index (χ1) is 17.0. The summed E-state index contributed by atoms with van der Waals surface area (Å²) < 4.78 is 12.1. The summed E-state index contributed by atoms with van der Waals surface area (Å²) in [5.41, 5.74) is 4.25. The summed E-state index contributed by atoms with van der Waals surface area (Å²) in [6, 6.07) is 18.0. The van der Waals surface area contributed by atoms with Gasteiger partial charge in [-0.05, 0) is 22.3 Å². The number of fused-ring (bicyclic) bond motifs is 6. The number of hydrogen-bond donors (Lipinski definition) is 1. The highest BCUT2D eigenvalue weighted by Crippen LogP contribution is 2.46. The summed E-state index contributed by atoms with van der Waals surface area (Å²) in [5.74, 6) is 0.904. The largest absolute Gasteiger partial charge is 1.00 e. The third kappa shape index (κ3) is 4.37. The van der Waals surface area contributed by atoms with E-state index >= 15 is 0 Å². The number of nitrogens with one attached hydrogen (secondary N) is 1. The standard InChI is InChI=1S/C28H29N3O4.BrH/c1-2-19-15-25(30-35-19)29-26(32)17-31-13-11-18(12-14-31)24(16-31)34-28(33)27-22-9-5-3-7-20(22)21-8-4-6-10-23(21)27;/h3-10,15,18,24,27H,2,11-14,16-17H2,1H3;1H/t18?,24-,31?;/m0./s1. The van der Waals surface area contributed by atoms with Crippen LogP contribution in [0.2, 0.25) is 0 Å². The van der Waals surface area contributed by atoms with Crippen molar-refractivity contribution >= 4 is 17.7 Å². The minimum atomic E-state index is -0.394. The van der Waals surface area contributed by atoms with Gasteiger partial charge in [0, 0.05) is 31.2 Å². The molecule has 2 bridgehead atoms. The Morgan fingerprint density at radius 2 is 1.69 bits per heavy atom. The van der Waals surface area contributed by atoms with Crippen LogP contribution < -0.4 is 22.3 Å². The summed E-state index contributed by atoms with van der Waals surface area (Å²) in [7, 11) is 0. The second-order valence-electron chi connectivity index (χ2n) is 10.1. The number of hydrogen-bond acceptors (Lipinski definition) is 5. The summed E-state index contributed by atoms with van der Waals surface area (Å²) >= 11 is 0. The van der Waals surface area contributed by atoms with Gasteiger partial charge in [-0.15, -0.1) is 0 Å². The van der Waals surface area contributed by atoms with Crippen LogP contribution in [-0.4, -0.2) is 53.8 Å². The first kappa shape index (κ1) is 24.7. The average Bonchev–Trinajstić information content (AvgIpc) is 3.46. The first-order valence-corrected chi connectivity index (χ1v) is 12.5. The van der Waals surface area contributed by atoms with Gasteiger partial charge in [-0.2, -0.15) is 0 Å². The van der Waals surface area contributed by atoms with E-state index in [1.165, 1.54) is 0 Å². The molecule has 1 aliphatic carbocycles. The van der Waals surface area contributed by atoms with E-state index in [9.17, 15) is 9.59 Å². The van der Waals surface area contributed by atoms with Gasteiger partial charge in [-0.1, -0.05) is 60.6 Å². The minimum absolute atomic E-state index is 0. The molecule has 3 saturated heterocycles. The Morgan fingerprint density at radius 1 is 1.06 bits per heavy atom. The molecule has 1 atom stereocenters. The van der Waals surface area contributed by atoms with Crippen molar-refractivity contribution in [3.63, 3.8) is 0 Å². The van der Waals surface area contributed by atoms with Crippen LogP contribution in [0.15, 0.2) is 59.1 Å². The van der Waals surface area contributed by atoms with Crippen molar-refractivity contribution in [2.45, 2.75) is 38.2 Å². The Bertz CT molecular complexity index is 1240. The lowest BCUT2D eigenvalue weighted by molar-refractivity contribution is -0.938. The second kappa shape index (κ2) is 9.82. The number of nitrogens with zero attached hydrogens (tertiary/aromatic N) is 2. The molecule has 1 amide bonds. The van der Waals surface area contributed by atoms with E-state index in [0.717, 1.165) is 60.4 Å². The lowest BCUT2D eigenvalue weighted by Gasteiger charge is -2.51. The summed E-state index contributed by atoms with van der Waals surface area (Å²) in [6.45, 7) is 4.87. The molecule has 7 rings (SSSR count). The predicted molar refractivity (Wildman–Crippen MR) is 131 cm³/mol. The van der Waals surface area contributed by atoms with Crippen LogP contribution in [0.4, 0.5) is 5.82 Å². The number of rotatable bonds is 6. The Kier molecular flexibility index (Phi) is 6.74. The van der Waals surface area contributed by atoms with Gasteiger partial charge in [0.15, 0.2) is 18.5 Å². The molecule has 2 aromatic carbocycles. The van der Waals surface area contributed by atoms with Gasteiger partial charge in [-0.3, -0.25) is 9.59 Å². The molecule has 0 radical (unpaired) electrons. The third-order valence-corrected chi connectivity index (χ3v) is 8.03. The highest BCUT2D eigenvalue weighted by Gasteiger charge is 2.49. The minimum Gasteiger partial charge on any atom is -1.00 e. The molecule has 4 aliphatic rings. The van der Waals surface area contributed by atoms with Crippen LogP contribution in [0.1, 0.15) is 42.6 Å². The van der Waals surface area contributed by atoms with Crippen LogP contribution in [0, 0.1) is 5.92 Å². The molecule has 188 valence electrons. The van der Waals surface area contributed by atoms with E-state index in [1.807, 2.05) is 43.3 Å². The van der Waals surface area contributed by atoms with Gasteiger partial charge in [0.2, 0.25) is 0 Å². The van der Waals surface area contributed by atoms with E-state index in [4.69, 9.17) is 9.26 Å². The molecule has 0 saturated carbocycles. The lowest BCUT2D eigenvalue weighted by atomic mass is 9.83. The van der Waals surface area contributed by atoms with Gasteiger partial charge in [-0.25, -0.2) is 0 Å². The molecule has 8 heteroatoms. The number of carbonyl (C=O) groups excluding carboxylic acids is 2. The normalized spacial score (nSPS) is 23.9. The van der Waals surface area contributed by atoms with Crippen molar-refractivity contribution in [1.29, 1.82) is 0 Å². The maximum Gasteiger partial charge on any atom is 0.318 e. The quantitative estimate of drug-likeness (QED) is 0.367. The van der Waals surface area contributed by atoms with Crippen molar-refractivity contribution in [2.24, 2.45) is 5.92 Å². The highest BCUT2D eigenvalue weighted by atomic mass is 79.9. The van der Waals surface area contributed by atoms with Crippen LogP contribution in [0.3, 0.4) is 0 Å². The van der Waals surface area contributed by atoms with Crippen LogP contribution in [0.5, 0.6) is 0 Å². The SMILES string of the molecule is CCc1cc(NC(=O)C[N+]23CCC(CC2)[C@@H](OC(=O)C2c4ccccc4-c4ccccc42)C3)no1.[Br-]. The van der Waals surface area contributed by atoms with Crippen LogP contribution in [-0.2, 0) is 20.7 Å². The Balaban J connectivity index is 0.00000267. The van der Waals surface area contributed by atoms with E-state index in [0.29, 0.717) is 29.3 Å². The highest BCUT2D eigenvalue weighted by molar-refractivity contribution is 5.93. The Labute approximate surface area is 221 Å². The molecule has 3 aliphatic heterocycles. The molecule has 3 fully saturated rings. The van der Waals surface area contributed by atoms with Gasteiger partial charge >= 0.3 is 5.97 Å². The molecular weight excluding hydrogens is 522 g/mol. The van der Waals surface area contributed by atoms with Crippen molar-refractivity contribution in [3.05, 3.63) is 71.5 Å². The average molecular weight is 552 g/mol. The molecule has 3 aromatic rings. The summed E-state index contributed by atoms with van der Waals surface area (Å²) in [4.78, 5) is 26.4. The Hall–Kier alpha value is -2.97. The number of benzene rings is 2. The number of piperidine rings is 3. The van der Waals surface area contributed by atoms with E-state index in [-0.39, 0.29) is 35.0 Å². The molecule has 36 heavy (non-hydrogen) atoms. The number of ether oxygens (including phenoxy) is 1. The number of esters is 1. The fraction of sp³-hybridized carbons (Fsp3) is 0.393. The molecule has 0 spiro atoms. The van der Waals surface area contributed by atoms with E-state index in [1.54, 1.807) is 6.07 Å². The third-order valence-electron chi connectivity index (χ3n) is 8.03. The molecule has 0 unspecified atom stereocenters. The monoisotopic (exact) mass is 551 g/mol. The fourth-order valence-electron chi connectivity index (χ4n) is 6.23. The molecule has 1 aromatic heterocycles. The van der Waals surface area contributed by atoms with E-state index in [2.05, 4.69) is 22.6 Å². The van der Waals surface area contributed by atoms with Crippen LogP contribution in [0.25, 0.3) is 11.1 Å². The maximum atomic E-state index is 13.6. The van der Waals surface area contributed by atoms with Crippen molar-refractivity contribution in [1.82, 2.24) is 5.16 Å². The number of aryl methyl sites for hydroxylation is 1. The van der Waals surface area contributed by atoms with Gasteiger partial charge in [0.25, 0.3) is 5.91 Å². The number of aromatic nitrogens is 1. The van der Waals surface area contributed by atoms with Gasteiger partial charge < -0.3 is 36.0 Å².